The third-order valence-electron chi connectivity index (χ3n) is 3.65. The van der Waals surface area contributed by atoms with Gasteiger partial charge < -0.3 is 15.0 Å². The second-order valence-corrected chi connectivity index (χ2v) is 4.81. The molecule has 1 heterocycles. The Hall–Kier alpha value is -1.74. The molecule has 0 saturated carbocycles. The van der Waals surface area contributed by atoms with E-state index in [4.69, 9.17) is 0 Å². The second kappa shape index (κ2) is 5.93. The SMILES string of the molecule is CCn1c(C)cc(CNc2ccccc2CO)c1C. The van der Waals surface area contributed by atoms with E-state index in [0.717, 1.165) is 24.3 Å². The zero-order valence-corrected chi connectivity index (χ0v) is 11.9. The summed E-state index contributed by atoms with van der Waals surface area (Å²) in [4.78, 5) is 0. The Morgan fingerprint density at radius 1 is 1.16 bits per heavy atom. The fourth-order valence-electron chi connectivity index (χ4n) is 2.56. The van der Waals surface area contributed by atoms with Crippen LogP contribution in [0.5, 0.6) is 0 Å². The van der Waals surface area contributed by atoms with Gasteiger partial charge >= 0.3 is 0 Å². The summed E-state index contributed by atoms with van der Waals surface area (Å²) in [5, 5.41) is 12.7. The summed E-state index contributed by atoms with van der Waals surface area (Å²) in [5.41, 5.74) is 5.87. The van der Waals surface area contributed by atoms with Crippen LogP contribution in [0.3, 0.4) is 0 Å². The van der Waals surface area contributed by atoms with Crippen molar-refractivity contribution in [3.63, 3.8) is 0 Å². The van der Waals surface area contributed by atoms with Crippen molar-refractivity contribution >= 4 is 5.69 Å². The van der Waals surface area contributed by atoms with E-state index in [1.165, 1.54) is 17.0 Å². The summed E-state index contributed by atoms with van der Waals surface area (Å²) in [6, 6.07) is 10.1. The van der Waals surface area contributed by atoms with Crippen LogP contribution in [0.2, 0.25) is 0 Å². The average Bonchev–Trinajstić information content (AvgIpc) is 2.71. The van der Waals surface area contributed by atoms with Crippen LogP contribution < -0.4 is 5.32 Å². The number of aryl methyl sites for hydroxylation is 1. The molecule has 0 aliphatic rings. The Labute approximate surface area is 114 Å². The quantitative estimate of drug-likeness (QED) is 0.864. The largest absolute Gasteiger partial charge is 0.392 e. The lowest BCUT2D eigenvalue weighted by Crippen LogP contribution is -2.04. The summed E-state index contributed by atoms with van der Waals surface area (Å²) < 4.78 is 2.31. The Morgan fingerprint density at radius 2 is 1.89 bits per heavy atom. The van der Waals surface area contributed by atoms with Crippen LogP contribution in [-0.4, -0.2) is 9.67 Å². The number of aliphatic hydroxyl groups is 1. The third kappa shape index (κ3) is 2.82. The number of rotatable bonds is 5. The van der Waals surface area contributed by atoms with Crippen molar-refractivity contribution in [3.05, 3.63) is 52.8 Å². The molecule has 0 bridgehead atoms. The predicted molar refractivity (Wildman–Crippen MR) is 79.3 cm³/mol. The Balaban J connectivity index is 2.15. The number of aromatic nitrogens is 1. The third-order valence-corrected chi connectivity index (χ3v) is 3.65. The number of hydrogen-bond donors (Lipinski definition) is 2. The molecule has 0 amide bonds. The average molecular weight is 258 g/mol. The Morgan fingerprint density at radius 3 is 2.53 bits per heavy atom. The van der Waals surface area contributed by atoms with Gasteiger partial charge in [0.1, 0.15) is 0 Å². The fraction of sp³-hybridized carbons (Fsp3) is 0.375. The molecule has 19 heavy (non-hydrogen) atoms. The molecule has 2 N–H and O–H groups in total. The molecular weight excluding hydrogens is 236 g/mol. The molecule has 0 unspecified atom stereocenters. The van der Waals surface area contributed by atoms with Crippen LogP contribution in [0.1, 0.15) is 29.4 Å². The van der Waals surface area contributed by atoms with Gasteiger partial charge in [-0.3, -0.25) is 0 Å². The molecule has 0 aliphatic heterocycles. The number of aliphatic hydroxyl groups excluding tert-OH is 1. The minimum absolute atomic E-state index is 0.0666. The van der Waals surface area contributed by atoms with Gasteiger partial charge in [0.05, 0.1) is 6.61 Å². The molecule has 1 aromatic carbocycles. The zero-order chi connectivity index (χ0) is 13.8. The fourth-order valence-corrected chi connectivity index (χ4v) is 2.56. The molecular formula is C16H22N2O. The van der Waals surface area contributed by atoms with Crippen molar-refractivity contribution in [2.24, 2.45) is 0 Å². The van der Waals surface area contributed by atoms with E-state index >= 15 is 0 Å². The monoisotopic (exact) mass is 258 g/mol. The van der Waals surface area contributed by atoms with Crippen LogP contribution in [-0.2, 0) is 19.7 Å². The molecule has 0 saturated heterocycles. The summed E-state index contributed by atoms with van der Waals surface area (Å²) in [7, 11) is 0. The van der Waals surface area contributed by atoms with E-state index in [9.17, 15) is 5.11 Å². The number of benzene rings is 1. The van der Waals surface area contributed by atoms with Gasteiger partial charge in [0.25, 0.3) is 0 Å². The molecule has 0 aliphatic carbocycles. The first-order chi connectivity index (χ1) is 9.17. The van der Waals surface area contributed by atoms with Gasteiger partial charge in [-0.1, -0.05) is 18.2 Å². The van der Waals surface area contributed by atoms with Crippen molar-refractivity contribution in [1.82, 2.24) is 4.57 Å². The zero-order valence-electron chi connectivity index (χ0n) is 11.9. The van der Waals surface area contributed by atoms with E-state index in [2.05, 4.69) is 36.7 Å². The highest BCUT2D eigenvalue weighted by Gasteiger charge is 2.08. The van der Waals surface area contributed by atoms with Crippen LogP contribution in [0, 0.1) is 13.8 Å². The van der Waals surface area contributed by atoms with Gasteiger partial charge in [0.2, 0.25) is 0 Å². The van der Waals surface area contributed by atoms with E-state index in [1.54, 1.807) is 0 Å². The lowest BCUT2D eigenvalue weighted by molar-refractivity contribution is 0.282. The summed E-state index contributed by atoms with van der Waals surface area (Å²) >= 11 is 0. The number of anilines is 1. The normalized spacial score (nSPS) is 10.7. The van der Waals surface area contributed by atoms with Gasteiger partial charge in [0, 0.05) is 35.7 Å². The van der Waals surface area contributed by atoms with E-state index in [0.29, 0.717) is 0 Å². The van der Waals surface area contributed by atoms with Crippen molar-refractivity contribution in [3.8, 4) is 0 Å². The maximum absolute atomic E-state index is 9.31. The molecule has 0 fully saturated rings. The molecule has 2 rings (SSSR count). The molecule has 0 radical (unpaired) electrons. The van der Waals surface area contributed by atoms with Crippen molar-refractivity contribution in [2.75, 3.05) is 5.32 Å². The predicted octanol–water partition coefficient (Wildman–Crippen LogP) is 3.23. The summed E-state index contributed by atoms with van der Waals surface area (Å²) in [6.45, 7) is 8.32. The minimum atomic E-state index is 0.0666. The highest BCUT2D eigenvalue weighted by atomic mass is 16.3. The molecule has 3 heteroatoms. The van der Waals surface area contributed by atoms with Crippen molar-refractivity contribution in [2.45, 2.75) is 40.5 Å². The van der Waals surface area contributed by atoms with Crippen LogP contribution in [0.4, 0.5) is 5.69 Å². The molecule has 102 valence electrons. The lowest BCUT2D eigenvalue weighted by atomic mass is 10.1. The van der Waals surface area contributed by atoms with Crippen LogP contribution in [0.25, 0.3) is 0 Å². The molecule has 0 atom stereocenters. The summed E-state index contributed by atoms with van der Waals surface area (Å²) in [6.07, 6.45) is 0. The lowest BCUT2D eigenvalue weighted by Gasteiger charge is -2.11. The number of nitrogens with one attached hydrogen (secondary N) is 1. The molecule has 1 aromatic heterocycles. The van der Waals surface area contributed by atoms with Crippen molar-refractivity contribution < 1.29 is 5.11 Å². The first kappa shape index (κ1) is 13.7. The smallest absolute Gasteiger partial charge is 0.0701 e. The maximum Gasteiger partial charge on any atom is 0.0701 e. The second-order valence-electron chi connectivity index (χ2n) is 4.81. The van der Waals surface area contributed by atoms with Gasteiger partial charge in [-0.15, -0.1) is 0 Å². The molecule has 0 spiro atoms. The Kier molecular flexibility index (Phi) is 4.27. The standard InChI is InChI=1S/C16H22N2O/c1-4-18-12(2)9-15(13(18)3)10-17-16-8-6-5-7-14(16)11-19/h5-9,17,19H,4,10-11H2,1-3H3. The van der Waals surface area contributed by atoms with Gasteiger partial charge in [-0.05, 0) is 38.5 Å². The van der Waals surface area contributed by atoms with Crippen molar-refractivity contribution in [1.29, 1.82) is 0 Å². The number of para-hydroxylation sites is 1. The van der Waals surface area contributed by atoms with E-state index < -0.39 is 0 Å². The van der Waals surface area contributed by atoms with Crippen LogP contribution in [0.15, 0.2) is 30.3 Å². The molecule has 2 aromatic rings. The highest BCUT2D eigenvalue weighted by Crippen LogP contribution is 2.19. The number of hydrogen-bond acceptors (Lipinski definition) is 2. The Bertz CT molecular complexity index is 558. The topological polar surface area (TPSA) is 37.2 Å². The highest BCUT2D eigenvalue weighted by molar-refractivity contribution is 5.51. The van der Waals surface area contributed by atoms with Gasteiger partial charge in [-0.25, -0.2) is 0 Å². The first-order valence-corrected chi connectivity index (χ1v) is 6.75. The van der Waals surface area contributed by atoms with E-state index in [-0.39, 0.29) is 6.61 Å². The first-order valence-electron chi connectivity index (χ1n) is 6.75. The van der Waals surface area contributed by atoms with Gasteiger partial charge in [0.15, 0.2) is 0 Å². The molecule has 3 nitrogen and oxygen atoms in total. The van der Waals surface area contributed by atoms with Gasteiger partial charge in [-0.2, -0.15) is 0 Å². The van der Waals surface area contributed by atoms with E-state index in [1.807, 2.05) is 24.3 Å². The maximum atomic E-state index is 9.31. The minimum Gasteiger partial charge on any atom is -0.392 e. The number of nitrogens with zero attached hydrogens (tertiary/aromatic N) is 1. The summed E-state index contributed by atoms with van der Waals surface area (Å²) in [5.74, 6) is 0. The van der Waals surface area contributed by atoms with Crippen LogP contribution >= 0.6 is 0 Å².